The number of ether oxygens (including phenoxy) is 1. The molecule has 1 aromatic rings. The molecule has 1 aliphatic heterocycles. The zero-order chi connectivity index (χ0) is 12.5. The van der Waals surface area contributed by atoms with Crippen molar-refractivity contribution in [1.82, 2.24) is 4.90 Å². The van der Waals surface area contributed by atoms with Crippen molar-refractivity contribution in [3.8, 4) is 0 Å². The fraction of sp³-hybridized carbons (Fsp3) is 0.615. The van der Waals surface area contributed by atoms with Gasteiger partial charge < -0.3 is 9.64 Å². The zero-order valence-corrected chi connectivity index (χ0v) is 12.6. The second-order valence-electron chi connectivity index (χ2n) is 4.79. The smallest absolute Gasteiger partial charge is 0.264 e. The van der Waals surface area contributed by atoms with E-state index in [1.54, 1.807) is 11.3 Å². The average Bonchev–Trinajstić information content (AvgIpc) is 2.98. The molecule has 1 aromatic heterocycles. The summed E-state index contributed by atoms with van der Waals surface area (Å²) < 4.78 is 5.43. The van der Waals surface area contributed by atoms with Gasteiger partial charge >= 0.3 is 0 Å². The van der Waals surface area contributed by atoms with Crippen LogP contribution in [0.25, 0.3) is 0 Å². The summed E-state index contributed by atoms with van der Waals surface area (Å²) in [4.78, 5) is 16.8. The lowest BCUT2D eigenvalue weighted by Gasteiger charge is -2.34. The quantitative estimate of drug-likeness (QED) is 0.780. The molecule has 2 heterocycles. The molecule has 1 unspecified atom stereocenters. The molecule has 1 atom stereocenters. The molecule has 98 valence electrons. The number of morpholine rings is 1. The molecule has 0 N–H and O–H groups in total. The van der Waals surface area contributed by atoms with Gasteiger partial charge in [0.05, 0.1) is 24.1 Å². The van der Waals surface area contributed by atoms with Gasteiger partial charge in [0.25, 0.3) is 5.91 Å². The number of rotatable bonds is 2. The first-order valence-electron chi connectivity index (χ1n) is 6.36. The maximum Gasteiger partial charge on any atom is 0.264 e. The molecule has 5 heteroatoms. The maximum atomic E-state index is 12.5. The van der Waals surface area contributed by atoms with Gasteiger partial charge in [-0.05, 0) is 30.9 Å². The zero-order valence-electron chi connectivity index (χ0n) is 10.2. The number of nitrogens with zero attached hydrogens (tertiary/aromatic N) is 1. The predicted octanol–water partition coefficient (Wildman–Crippen LogP) is 2.47. The minimum absolute atomic E-state index is 0.170. The molecule has 3 rings (SSSR count). The van der Waals surface area contributed by atoms with Crippen molar-refractivity contribution in [3.63, 3.8) is 0 Å². The number of fused-ring (bicyclic) bond motifs is 1. The van der Waals surface area contributed by atoms with Crippen molar-refractivity contribution in [2.24, 2.45) is 0 Å². The highest BCUT2D eigenvalue weighted by atomic mass is 79.9. The second-order valence-corrected chi connectivity index (χ2v) is 6.58. The Morgan fingerprint density at radius 3 is 3.22 bits per heavy atom. The monoisotopic (exact) mass is 329 g/mol. The summed E-state index contributed by atoms with van der Waals surface area (Å²) in [5, 5.41) is 0.782. The topological polar surface area (TPSA) is 29.5 Å². The summed E-state index contributed by atoms with van der Waals surface area (Å²) in [6, 6.07) is 2.28. The van der Waals surface area contributed by atoms with E-state index in [1.807, 2.05) is 4.90 Å². The highest BCUT2D eigenvalue weighted by Gasteiger charge is 2.29. The van der Waals surface area contributed by atoms with Gasteiger partial charge in [-0.25, -0.2) is 0 Å². The van der Waals surface area contributed by atoms with Crippen LogP contribution in [0.3, 0.4) is 0 Å². The molecule has 0 aromatic carbocycles. The normalized spacial score (nSPS) is 23.2. The van der Waals surface area contributed by atoms with Crippen molar-refractivity contribution in [1.29, 1.82) is 0 Å². The Labute approximate surface area is 119 Å². The van der Waals surface area contributed by atoms with Crippen LogP contribution in [0.1, 0.15) is 26.5 Å². The Morgan fingerprint density at radius 2 is 2.44 bits per heavy atom. The first-order chi connectivity index (χ1) is 8.79. The molecular weight excluding hydrogens is 314 g/mol. The molecule has 0 bridgehead atoms. The van der Waals surface area contributed by atoms with Crippen LogP contribution in [0.2, 0.25) is 0 Å². The van der Waals surface area contributed by atoms with E-state index in [0.717, 1.165) is 23.0 Å². The number of thiophene rings is 1. The Morgan fingerprint density at radius 1 is 1.56 bits per heavy atom. The predicted molar refractivity (Wildman–Crippen MR) is 75.8 cm³/mol. The number of carbonyl (C=O) groups excluding carboxylic acids is 1. The van der Waals surface area contributed by atoms with Gasteiger partial charge in [0.1, 0.15) is 0 Å². The molecule has 0 saturated carbocycles. The minimum Gasteiger partial charge on any atom is -0.377 e. The molecular formula is C13H16BrNO2S. The summed E-state index contributed by atoms with van der Waals surface area (Å²) in [5.74, 6) is 0.183. The number of alkyl halides is 1. The lowest BCUT2D eigenvalue weighted by molar-refractivity contribution is 0.00552. The van der Waals surface area contributed by atoms with Crippen molar-refractivity contribution in [3.05, 3.63) is 21.4 Å². The van der Waals surface area contributed by atoms with E-state index in [-0.39, 0.29) is 11.9 Å². The molecule has 0 radical (unpaired) electrons. The second kappa shape index (κ2) is 5.31. The van der Waals surface area contributed by atoms with E-state index in [4.69, 9.17) is 4.74 Å². The number of halogens is 1. The first-order valence-corrected chi connectivity index (χ1v) is 8.29. The number of aryl methyl sites for hydroxylation is 2. The molecule has 18 heavy (non-hydrogen) atoms. The van der Waals surface area contributed by atoms with Crippen molar-refractivity contribution < 1.29 is 9.53 Å². The van der Waals surface area contributed by atoms with Gasteiger partial charge in [-0.2, -0.15) is 0 Å². The number of hydrogen-bond donors (Lipinski definition) is 0. The van der Waals surface area contributed by atoms with Crippen LogP contribution in [0.15, 0.2) is 6.07 Å². The van der Waals surface area contributed by atoms with Crippen LogP contribution in [-0.4, -0.2) is 41.9 Å². The highest BCUT2D eigenvalue weighted by Crippen LogP contribution is 2.31. The molecule has 1 aliphatic carbocycles. The van der Waals surface area contributed by atoms with Crippen LogP contribution in [0.4, 0.5) is 0 Å². The summed E-state index contributed by atoms with van der Waals surface area (Å²) in [5.41, 5.74) is 1.40. The maximum absolute atomic E-state index is 12.5. The van der Waals surface area contributed by atoms with Crippen molar-refractivity contribution >= 4 is 33.2 Å². The van der Waals surface area contributed by atoms with E-state index in [1.165, 1.54) is 16.9 Å². The lowest BCUT2D eigenvalue weighted by atomic mass is 10.2. The van der Waals surface area contributed by atoms with E-state index in [9.17, 15) is 4.79 Å². The molecule has 3 nitrogen and oxygen atoms in total. The minimum atomic E-state index is 0.170. The molecule has 0 spiro atoms. The summed E-state index contributed by atoms with van der Waals surface area (Å²) in [7, 11) is 0. The molecule has 1 amide bonds. The Kier molecular flexibility index (Phi) is 3.73. The summed E-state index contributed by atoms with van der Waals surface area (Å²) in [6.07, 6.45) is 3.54. The summed E-state index contributed by atoms with van der Waals surface area (Å²) >= 11 is 5.16. The SMILES string of the molecule is O=C(c1cc2c(s1)CCC2)N1CCOCC1CBr. The van der Waals surface area contributed by atoms with E-state index < -0.39 is 0 Å². The Hall–Kier alpha value is -0.390. The van der Waals surface area contributed by atoms with Gasteiger partial charge in [-0.1, -0.05) is 15.9 Å². The fourth-order valence-corrected chi connectivity index (χ4v) is 4.37. The fourth-order valence-electron chi connectivity index (χ4n) is 2.63. The standard InChI is InChI=1S/C13H16BrNO2S/c14-7-10-8-17-5-4-15(10)13(16)12-6-9-2-1-3-11(9)18-12/h6,10H,1-5,7-8H2. The van der Waals surface area contributed by atoms with Gasteiger partial charge in [0.2, 0.25) is 0 Å². The molecule has 1 saturated heterocycles. The van der Waals surface area contributed by atoms with Gasteiger partial charge in [-0.15, -0.1) is 11.3 Å². The van der Waals surface area contributed by atoms with Gasteiger partial charge in [0.15, 0.2) is 0 Å². The molecule has 2 aliphatic rings. The third-order valence-corrected chi connectivity index (χ3v) is 5.60. The summed E-state index contributed by atoms with van der Waals surface area (Å²) in [6.45, 7) is 2.00. The lowest BCUT2D eigenvalue weighted by Crippen LogP contribution is -2.49. The van der Waals surface area contributed by atoms with Crippen LogP contribution in [0.5, 0.6) is 0 Å². The number of carbonyl (C=O) groups is 1. The van der Waals surface area contributed by atoms with Gasteiger partial charge in [0, 0.05) is 16.8 Å². The third kappa shape index (κ3) is 2.24. The van der Waals surface area contributed by atoms with Crippen molar-refractivity contribution in [2.45, 2.75) is 25.3 Å². The van der Waals surface area contributed by atoms with E-state index in [2.05, 4.69) is 22.0 Å². The van der Waals surface area contributed by atoms with Gasteiger partial charge in [-0.3, -0.25) is 4.79 Å². The van der Waals surface area contributed by atoms with Crippen LogP contribution in [-0.2, 0) is 17.6 Å². The largest absolute Gasteiger partial charge is 0.377 e. The Balaban J connectivity index is 1.80. The third-order valence-electron chi connectivity index (χ3n) is 3.62. The average molecular weight is 330 g/mol. The molecule has 1 fully saturated rings. The van der Waals surface area contributed by atoms with Crippen LogP contribution < -0.4 is 0 Å². The first kappa shape index (κ1) is 12.6. The van der Waals surface area contributed by atoms with Crippen LogP contribution >= 0.6 is 27.3 Å². The van der Waals surface area contributed by atoms with E-state index in [0.29, 0.717) is 19.8 Å². The highest BCUT2D eigenvalue weighted by molar-refractivity contribution is 9.09. The number of hydrogen-bond acceptors (Lipinski definition) is 3. The van der Waals surface area contributed by atoms with E-state index >= 15 is 0 Å². The van der Waals surface area contributed by atoms with Crippen LogP contribution in [0, 0.1) is 0 Å². The van der Waals surface area contributed by atoms with Crippen molar-refractivity contribution in [2.75, 3.05) is 25.1 Å². The number of amides is 1. The Bertz CT molecular complexity index is 438.